The van der Waals surface area contributed by atoms with Gasteiger partial charge in [0.25, 0.3) is 0 Å². The van der Waals surface area contributed by atoms with Crippen LogP contribution in [0.4, 0.5) is 5.69 Å². The molecule has 21 heavy (non-hydrogen) atoms. The van der Waals surface area contributed by atoms with Gasteiger partial charge in [-0.25, -0.2) is 0 Å². The van der Waals surface area contributed by atoms with Crippen molar-refractivity contribution in [1.29, 1.82) is 0 Å². The zero-order valence-electron chi connectivity index (χ0n) is 13.6. The van der Waals surface area contributed by atoms with E-state index in [0.29, 0.717) is 12.0 Å². The molecule has 2 N–H and O–H groups in total. The lowest BCUT2D eigenvalue weighted by Gasteiger charge is -2.27. The van der Waals surface area contributed by atoms with E-state index in [2.05, 4.69) is 48.7 Å². The molecule has 1 aromatic rings. The lowest BCUT2D eigenvalue weighted by atomic mass is 9.92. The van der Waals surface area contributed by atoms with Crippen LogP contribution in [-0.2, 0) is 0 Å². The molecule has 4 atom stereocenters. The lowest BCUT2D eigenvalue weighted by Crippen LogP contribution is -2.38. The van der Waals surface area contributed by atoms with Gasteiger partial charge in [0.05, 0.1) is 0 Å². The van der Waals surface area contributed by atoms with Gasteiger partial charge in [0.2, 0.25) is 0 Å². The van der Waals surface area contributed by atoms with Gasteiger partial charge in [-0.05, 0) is 68.2 Å². The Labute approximate surface area is 129 Å². The fraction of sp³-hybridized carbons (Fsp3) is 0.684. The Bertz CT molecular complexity index is 433. The number of rotatable bonds is 5. The fourth-order valence-electron chi connectivity index (χ4n) is 4.08. The molecule has 0 bridgehead atoms. The minimum absolute atomic E-state index is 0.662. The third-order valence-corrected chi connectivity index (χ3v) is 5.63. The first-order valence-electron chi connectivity index (χ1n) is 8.88. The molecule has 4 unspecified atom stereocenters. The minimum atomic E-state index is 0.662. The maximum absolute atomic E-state index is 3.81. The van der Waals surface area contributed by atoms with Gasteiger partial charge in [0.15, 0.2) is 0 Å². The molecular formula is C19H30N2. The molecule has 116 valence electrons. The van der Waals surface area contributed by atoms with Crippen LogP contribution in [0.2, 0.25) is 0 Å². The lowest BCUT2D eigenvalue weighted by molar-refractivity contribution is 0.376. The number of anilines is 1. The summed E-state index contributed by atoms with van der Waals surface area (Å²) in [5.74, 6) is 1.49. The average Bonchev–Trinajstić information content (AvgIpc) is 3.18. The molecule has 2 nitrogen and oxygen atoms in total. The predicted molar refractivity (Wildman–Crippen MR) is 90.9 cm³/mol. The molecule has 2 fully saturated rings. The standard InChI is InChI=1S/C19H30N2/c1-3-14(2)15-9-11-16(12-10-15)21-19-7-4-6-17(19)18-8-5-13-20-18/h9-12,14,17-21H,3-8,13H2,1-2H3. The molecule has 0 spiro atoms. The normalized spacial score (nSPS) is 30.5. The second kappa shape index (κ2) is 6.83. The molecule has 0 aromatic heterocycles. The second-order valence-corrected chi connectivity index (χ2v) is 6.98. The highest BCUT2D eigenvalue weighted by Crippen LogP contribution is 2.34. The van der Waals surface area contributed by atoms with Crippen LogP contribution in [0.5, 0.6) is 0 Å². The number of hydrogen-bond donors (Lipinski definition) is 2. The van der Waals surface area contributed by atoms with E-state index in [9.17, 15) is 0 Å². The van der Waals surface area contributed by atoms with E-state index in [1.165, 1.54) is 56.3 Å². The van der Waals surface area contributed by atoms with Gasteiger partial charge in [0.1, 0.15) is 0 Å². The monoisotopic (exact) mass is 286 g/mol. The Morgan fingerprint density at radius 1 is 1.14 bits per heavy atom. The van der Waals surface area contributed by atoms with Gasteiger partial charge in [-0.1, -0.05) is 32.4 Å². The summed E-state index contributed by atoms with van der Waals surface area (Å²) in [6, 6.07) is 10.6. The molecule has 0 amide bonds. The van der Waals surface area contributed by atoms with Crippen LogP contribution in [0.3, 0.4) is 0 Å². The van der Waals surface area contributed by atoms with Crippen LogP contribution in [0.1, 0.15) is 63.9 Å². The van der Waals surface area contributed by atoms with Crippen LogP contribution in [0.15, 0.2) is 24.3 Å². The maximum Gasteiger partial charge on any atom is 0.0342 e. The smallest absolute Gasteiger partial charge is 0.0342 e. The van der Waals surface area contributed by atoms with Crippen LogP contribution >= 0.6 is 0 Å². The van der Waals surface area contributed by atoms with E-state index < -0.39 is 0 Å². The largest absolute Gasteiger partial charge is 0.382 e. The highest BCUT2D eigenvalue weighted by atomic mass is 15.0. The summed E-state index contributed by atoms with van der Waals surface area (Å²) in [6.07, 6.45) is 8.04. The third kappa shape index (κ3) is 3.42. The Hall–Kier alpha value is -1.02. The highest BCUT2D eigenvalue weighted by Gasteiger charge is 2.34. The summed E-state index contributed by atoms with van der Waals surface area (Å²) in [6.45, 7) is 5.78. The molecule has 1 aromatic carbocycles. The zero-order chi connectivity index (χ0) is 14.7. The van der Waals surface area contributed by atoms with Crippen molar-refractivity contribution in [2.24, 2.45) is 5.92 Å². The van der Waals surface area contributed by atoms with Gasteiger partial charge >= 0.3 is 0 Å². The first-order chi connectivity index (χ1) is 10.3. The molecule has 1 aliphatic carbocycles. The molecule has 1 aliphatic heterocycles. The Morgan fingerprint density at radius 3 is 2.62 bits per heavy atom. The van der Waals surface area contributed by atoms with E-state index in [-0.39, 0.29) is 0 Å². The van der Waals surface area contributed by atoms with Crippen LogP contribution in [0, 0.1) is 5.92 Å². The summed E-state index contributed by atoms with van der Waals surface area (Å²) in [5.41, 5.74) is 2.76. The van der Waals surface area contributed by atoms with Crippen LogP contribution in [-0.4, -0.2) is 18.6 Å². The Kier molecular flexibility index (Phi) is 4.84. The Morgan fingerprint density at radius 2 is 1.95 bits per heavy atom. The summed E-state index contributed by atoms with van der Waals surface area (Å²) >= 11 is 0. The van der Waals surface area contributed by atoms with Crippen molar-refractivity contribution in [3.8, 4) is 0 Å². The van der Waals surface area contributed by atoms with Crippen molar-refractivity contribution in [2.75, 3.05) is 11.9 Å². The first kappa shape index (κ1) is 14.9. The van der Waals surface area contributed by atoms with Gasteiger partial charge in [-0.3, -0.25) is 0 Å². The van der Waals surface area contributed by atoms with E-state index in [1.54, 1.807) is 0 Å². The number of hydrogen-bond acceptors (Lipinski definition) is 2. The molecule has 1 saturated carbocycles. The van der Waals surface area contributed by atoms with Crippen molar-refractivity contribution in [3.05, 3.63) is 29.8 Å². The SMILES string of the molecule is CCC(C)c1ccc(NC2CCCC2C2CCCN2)cc1. The topological polar surface area (TPSA) is 24.1 Å². The van der Waals surface area contributed by atoms with Gasteiger partial charge in [-0.2, -0.15) is 0 Å². The van der Waals surface area contributed by atoms with Gasteiger partial charge in [-0.15, -0.1) is 0 Å². The first-order valence-corrected chi connectivity index (χ1v) is 8.88. The molecule has 2 heteroatoms. The number of nitrogens with one attached hydrogen (secondary N) is 2. The third-order valence-electron chi connectivity index (χ3n) is 5.63. The quantitative estimate of drug-likeness (QED) is 0.831. The molecule has 0 radical (unpaired) electrons. The number of benzene rings is 1. The molecular weight excluding hydrogens is 256 g/mol. The summed E-state index contributed by atoms with van der Waals surface area (Å²) in [7, 11) is 0. The molecule has 3 rings (SSSR count). The second-order valence-electron chi connectivity index (χ2n) is 6.98. The summed E-state index contributed by atoms with van der Waals surface area (Å²) in [4.78, 5) is 0. The van der Waals surface area contributed by atoms with E-state index in [1.807, 2.05) is 0 Å². The van der Waals surface area contributed by atoms with Crippen molar-refractivity contribution < 1.29 is 0 Å². The maximum atomic E-state index is 3.81. The van der Waals surface area contributed by atoms with Gasteiger partial charge in [0, 0.05) is 17.8 Å². The molecule has 2 aliphatic rings. The van der Waals surface area contributed by atoms with Crippen molar-refractivity contribution in [3.63, 3.8) is 0 Å². The minimum Gasteiger partial charge on any atom is -0.382 e. The van der Waals surface area contributed by atoms with Gasteiger partial charge < -0.3 is 10.6 Å². The van der Waals surface area contributed by atoms with Crippen molar-refractivity contribution in [2.45, 2.75) is 70.4 Å². The van der Waals surface area contributed by atoms with Crippen molar-refractivity contribution >= 4 is 5.69 Å². The Balaban J connectivity index is 1.62. The van der Waals surface area contributed by atoms with Crippen LogP contribution in [0.25, 0.3) is 0 Å². The summed E-state index contributed by atoms with van der Waals surface area (Å²) in [5, 5.41) is 7.52. The van der Waals surface area contributed by atoms with E-state index >= 15 is 0 Å². The molecule has 1 saturated heterocycles. The molecule has 1 heterocycles. The predicted octanol–water partition coefficient (Wildman–Crippen LogP) is 4.53. The van der Waals surface area contributed by atoms with Crippen molar-refractivity contribution in [1.82, 2.24) is 5.32 Å². The zero-order valence-corrected chi connectivity index (χ0v) is 13.6. The van der Waals surface area contributed by atoms with E-state index in [0.717, 1.165) is 12.0 Å². The fourth-order valence-corrected chi connectivity index (χ4v) is 4.08. The summed E-state index contributed by atoms with van der Waals surface area (Å²) < 4.78 is 0. The van der Waals surface area contributed by atoms with E-state index in [4.69, 9.17) is 0 Å². The van der Waals surface area contributed by atoms with Crippen LogP contribution < -0.4 is 10.6 Å². The highest BCUT2D eigenvalue weighted by molar-refractivity contribution is 5.46. The average molecular weight is 286 g/mol.